The van der Waals surface area contributed by atoms with E-state index in [4.69, 9.17) is 0 Å². The quantitative estimate of drug-likeness (QED) is 0.205. The van der Waals surface area contributed by atoms with Gasteiger partial charge >= 0.3 is 0 Å². The molecule has 0 radical (unpaired) electrons. The molecule has 4 amide bonds. The molecule has 4 saturated carbocycles. The molecule has 0 spiro atoms. The van der Waals surface area contributed by atoms with Crippen LogP contribution in [0.25, 0.3) is 10.9 Å². The van der Waals surface area contributed by atoms with Crippen LogP contribution in [-0.4, -0.2) is 58.1 Å². The molecule has 1 atom stereocenters. The predicted octanol–water partition coefficient (Wildman–Crippen LogP) is 3.33. The van der Waals surface area contributed by atoms with E-state index in [1.54, 1.807) is 12.1 Å². The van der Waals surface area contributed by atoms with Crippen LogP contribution in [-0.2, 0) is 25.7 Å². The number of rotatable bonds is 11. The van der Waals surface area contributed by atoms with Gasteiger partial charge in [0.25, 0.3) is 17.4 Å². The maximum atomic E-state index is 13.4. The maximum Gasteiger partial charge on any atom is 0.287 e. The van der Waals surface area contributed by atoms with Crippen molar-refractivity contribution in [1.82, 2.24) is 25.5 Å². The molecule has 4 aliphatic carbocycles. The third-order valence-corrected chi connectivity index (χ3v) is 9.68. The van der Waals surface area contributed by atoms with Crippen molar-refractivity contribution in [3.05, 3.63) is 64.7 Å². The number of likely N-dealkylation sites (N-methyl/N-ethyl adjacent to an activating group) is 1. The summed E-state index contributed by atoms with van der Waals surface area (Å²) in [7, 11) is 1.33. The van der Waals surface area contributed by atoms with Crippen LogP contribution in [0.2, 0.25) is 0 Å². The van der Waals surface area contributed by atoms with E-state index >= 15 is 0 Å². The third kappa shape index (κ3) is 6.54. The fourth-order valence-electron chi connectivity index (χ4n) is 7.75. The van der Waals surface area contributed by atoms with Crippen molar-refractivity contribution in [2.24, 2.45) is 23.7 Å². The summed E-state index contributed by atoms with van der Waals surface area (Å²) >= 11 is 0. The number of hydrogen-bond acceptors (Lipinski definition) is 6. The van der Waals surface area contributed by atoms with Gasteiger partial charge in [-0.25, -0.2) is 0 Å². The number of Topliss-reactive ketones (excluding diaryl/α,β-unsaturated/α-hetero) is 1. The number of carbonyl (C=O) groups is 5. The number of fused-ring (bicyclic) bond motifs is 1. The molecule has 45 heavy (non-hydrogen) atoms. The van der Waals surface area contributed by atoms with Gasteiger partial charge in [-0.2, -0.15) is 0 Å². The van der Waals surface area contributed by atoms with E-state index in [2.05, 4.69) is 26.3 Å². The van der Waals surface area contributed by atoms with Crippen LogP contribution in [0.5, 0.6) is 0 Å². The van der Waals surface area contributed by atoms with Crippen molar-refractivity contribution in [2.75, 3.05) is 12.4 Å². The summed E-state index contributed by atoms with van der Waals surface area (Å²) < 4.78 is 1.24. The van der Waals surface area contributed by atoms with E-state index in [0.29, 0.717) is 11.8 Å². The van der Waals surface area contributed by atoms with E-state index < -0.39 is 35.1 Å². The Morgan fingerprint density at radius 1 is 0.978 bits per heavy atom. The first-order valence-corrected chi connectivity index (χ1v) is 15.6. The number of hydrogen-bond donors (Lipinski definition) is 5. The molecule has 7 rings (SSSR count). The van der Waals surface area contributed by atoms with Gasteiger partial charge < -0.3 is 30.8 Å². The van der Waals surface area contributed by atoms with Gasteiger partial charge in [0.1, 0.15) is 24.0 Å². The zero-order valence-electron chi connectivity index (χ0n) is 25.1. The number of pyridine rings is 1. The first-order chi connectivity index (χ1) is 21.7. The molecule has 0 unspecified atom stereocenters. The molecule has 12 heteroatoms. The number of nitrogens with zero attached hydrogens (tertiary/aromatic N) is 1. The highest BCUT2D eigenvalue weighted by molar-refractivity contribution is 6.36. The van der Waals surface area contributed by atoms with Crippen molar-refractivity contribution >= 4 is 46.0 Å². The second kappa shape index (κ2) is 12.7. The summed E-state index contributed by atoms with van der Waals surface area (Å²) in [6.07, 6.45) is 6.95. The largest absolute Gasteiger partial charge is 0.353 e. The van der Waals surface area contributed by atoms with Crippen molar-refractivity contribution in [3.8, 4) is 0 Å². The molecule has 0 aliphatic heterocycles. The Hall–Kier alpha value is -4.74. The maximum absolute atomic E-state index is 13.4. The van der Waals surface area contributed by atoms with Gasteiger partial charge in [0, 0.05) is 43.7 Å². The monoisotopic (exact) mass is 624 g/mol. The highest BCUT2D eigenvalue weighted by Crippen LogP contribution is 2.53. The van der Waals surface area contributed by atoms with Gasteiger partial charge in [0.15, 0.2) is 0 Å². The summed E-state index contributed by atoms with van der Waals surface area (Å²) in [5.74, 6) is -0.574. The van der Waals surface area contributed by atoms with E-state index in [1.165, 1.54) is 30.3 Å². The second-order valence-electron chi connectivity index (χ2n) is 12.7. The molecular formula is C33H48N6O6. The van der Waals surface area contributed by atoms with Crippen LogP contribution in [0.15, 0.2) is 53.5 Å². The van der Waals surface area contributed by atoms with E-state index in [9.17, 15) is 28.8 Å². The summed E-state index contributed by atoms with van der Waals surface area (Å²) in [5.41, 5.74) is 0.287. The number of aromatic amines is 1. The molecule has 2 aromatic heterocycles. The van der Waals surface area contributed by atoms with Crippen LogP contribution >= 0.6 is 0 Å². The molecule has 2 heterocycles. The Bertz CT molecular complexity index is 1670. The first-order valence-electron chi connectivity index (χ1n) is 15.6. The number of H-pyrrole nitrogens is 1. The molecule has 246 valence electrons. The summed E-state index contributed by atoms with van der Waals surface area (Å²) in [6, 6.07) is 10.8. The fourth-order valence-corrected chi connectivity index (χ4v) is 7.75. The topological polar surface area (TPSA) is 171 Å². The molecule has 3 aromatic rings. The van der Waals surface area contributed by atoms with Gasteiger partial charge in [0.05, 0.1) is 0 Å². The molecule has 12 nitrogen and oxygen atoms in total. The molecule has 4 aliphatic rings. The molecular weight excluding hydrogens is 576 g/mol. The average molecular weight is 625 g/mol. The molecule has 5 N–H and O–H groups in total. The van der Waals surface area contributed by atoms with Crippen LogP contribution in [0.4, 0.5) is 5.69 Å². The van der Waals surface area contributed by atoms with Crippen molar-refractivity contribution in [1.29, 1.82) is 0 Å². The Morgan fingerprint density at radius 3 is 2.38 bits per heavy atom. The van der Waals surface area contributed by atoms with Gasteiger partial charge in [-0.3, -0.25) is 28.8 Å². The summed E-state index contributed by atoms with van der Waals surface area (Å²) in [5, 5.41) is 11.4. The molecule has 1 aromatic carbocycles. The molecule has 0 saturated heterocycles. The Kier molecular flexibility index (Phi) is 8.55. The predicted molar refractivity (Wildman–Crippen MR) is 177 cm³/mol. The number of amides is 4. The highest BCUT2D eigenvalue weighted by Gasteiger charge is 2.48. The van der Waals surface area contributed by atoms with E-state index in [0.717, 1.165) is 48.4 Å². The van der Waals surface area contributed by atoms with Crippen LogP contribution in [0.1, 0.15) is 62.6 Å². The van der Waals surface area contributed by atoms with Crippen LogP contribution in [0, 0.1) is 23.7 Å². The zero-order valence-corrected chi connectivity index (χ0v) is 25.1. The lowest BCUT2D eigenvalue weighted by molar-refractivity contribution is -0.137. The third-order valence-electron chi connectivity index (χ3n) is 9.68. The van der Waals surface area contributed by atoms with Gasteiger partial charge in [-0.15, -0.1) is 0 Å². The molecule has 4 fully saturated rings. The Labute approximate surface area is 267 Å². The lowest BCUT2D eigenvalue weighted by Crippen LogP contribution is -2.56. The average Bonchev–Trinajstić information content (AvgIpc) is 3.46. The van der Waals surface area contributed by atoms with Crippen molar-refractivity contribution < 1.29 is 31.1 Å². The summed E-state index contributed by atoms with van der Waals surface area (Å²) in [4.78, 5) is 79.9. The number of benzene rings is 1. The first kappa shape index (κ1) is 30.3. The number of anilines is 1. The fraction of sp³-hybridized carbons (Fsp3) is 0.455. The normalized spacial score (nSPS) is 23.7. The highest BCUT2D eigenvalue weighted by atomic mass is 16.2. The number of para-hydroxylation sites is 1. The second-order valence-corrected chi connectivity index (χ2v) is 12.7. The minimum Gasteiger partial charge on any atom is -0.353 e. The number of aromatic nitrogens is 2. The van der Waals surface area contributed by atoms with Gasteiger partial charge in [0.2, 0.25) is 17.6 Å². The summed E-state index contributed by atoms with van der Waals surface area (Å²) in [6.45, 7) is -0.188. The lowest BCUT2D eigenvalue weighted by atomic mass is 9.54. The van der Waals surface area contributed by atoms with E-state index in [-0.39, 0.29) is 49.8 Å². The molecule has 4 bridgehead atoms. The van der Waals surface area contributed by atoms with Crippen LogP contribution < -0.4 is 26.8 Å². The standard InChI is InChI=1S/C33H38N6O6.5H2/c1-34-32(44)27(40)9-8-24(36-31(43)26-16-20-5-2-3-6-23(20)35-26)30(42)37-25-7-4-10-39(33(25)45)17-28(41)38-29-21-12-18-11-19(14-21)15-22(29)13-18;;;;;/h2-7,10,16,18-19,21-22,24,29,35H,8-9,11-15,17H2,1H3,(H,34,44)(H,36,43)(H,37,42)(H,38,41);5*1H/t18?,19?,21?,22?,24-,29?;;;;;/m0...../s1. The Balaban J connectivity index is 0.00000250. The Morgan fingerprint density at radius 2 is 1.69 bits per heavy atom. The van der Waals surface area contributed by atoms with Crippen molar-refractivity contribution in [2.45, 2.75) is 63.6 Å². The zero-order chi connectivity index (χ0) is 31.7. The minimum atomic E-state index is -1.24. The number of carbonyl (C=O) groups excluding carboxylic acids is 5. The van der Waals surface area contributed by atoms with Crippen LogP contribution in [0.3, 0.4) is 0 Å². The van der Waals surface area contributed by atoms with E-state index in [1.807, 2.05) is 24.3 Å². The van der Waals surface area contributed by atoms with Gasteiger partial charge in [-0.1, -0.05) is 18.2 Å². The number of ketones is 1. The van der Waals surface area contributed by atoms with Crippen molar-refractivity contribution in [3.63, 3.8) is 0 Å². The lowest BCUT2D eigenvalue weighted by Gasteiger charge is -2.54. The SMILES string of the molecule is CNC(=O)C(=O)CC[C@H](NC(=O)c1cc2ccccc2[nH]1)C(=O)Nc1cccn(CC(=O)NC2C3CC4CC(C3)CC2C4)c1=O.[HH].[HH].[HH].[HH].[HH]. The smallest absolute Gasteiger partial charge is 0.287 e. The van der Waals surface area contributed by atoms with Gasteiger partial charge in [-0.05, 0) is 86.5 Å². The number of nitrogens with one attached hydrogen (secondary N) is 5. The minimum absolute atomic E-state index is 0.